The maximum absolute atomic E-state index is 9.75. The minimum atomic E-state index is -6.00. The number of halogens is 4. The Bertz CT molecular complexity index is 286. The van der Waals surface area contributed by atoms with Crippen LogP contribution >= 0.6 is 9.24 Å². The van der Waals surface area contributed by atoms with Crippen molar-refractivity contribution in [2.45, 2.75) is 25.4 Å². The van der Waals surface area contributed by atoms with Gasteiger partial charge in [-0.3, -0.25) is 0 Å². The number of benzene rings is 1. The van der Waals surface area contributed by atoms with E-state index in [0.29, 0.717) is 5.16 Å². The molecule has 1 unspecified atom stereocenters. The highest BCUT2D eigenvalue weighted by Gasteiger charge is 2.20. The zero-order chi connectivity index (χ0) is 12.8. The van der Waals surface area contributed by atoms with E-state index in [1.165, 1.54) is 5.56 Å². The third-order valence-electron chi connectivity index (χ3n) is 1.50. The summed E-state index contributed by atoms with van der Waals surface area (Å²) in [5.41, 5.74) is 1.41. The topological polar surface area (TPSA) is 0 Å². The van der Waals surface area contributed by atoms with Gasteiger partial charge in [0.25, 0.3) is 0 Å². The molecular weight excluding hydrogens is 238 g/mol. The van der Waals surface area contributed by atoms with Crippen molar-refractivity contribution in [1.82, 2.24) is 0 Å². The molecule has 1 rings (SSSR count). The number of hydrogen-bond acceptors (Lipinski definition) is 0. The molecule has 1 atom stereocenters. The molecule has 0 nitrogen and oxygen atoms in total. The van der Waals surface area contributed by atoms with Gasteiger partial charge >= 0.3 is 7.25 Å². The van der Waals surface area contributed by atoms with Crippen LogP contribution in [0.3, 0.4) is 0 Å². The molecule has 92 valence electrons. The summed E-state index contributed by atoms with van der Waals surface area (Å²) in [6, 6.07) is 10.6. The number of rotatable bonds is 2. The van der Waals surface area contributed by atoms with Gasteiger partial charge in [-0.25, -0.2) is 0 Å². The lowest BCUT2D eigenvalue weighted by Crippen LogP contribution is -2.12. The van der Waals surface area contributed by atoms with E-state index in [9.17, 15) is 17.3 Å². The molecule has 0 spiro atoms. The molecule has 0 bridgehead atoms. The minimum absolute atomic E-state index is 0.321. The van der Waals surface area contributed by atoms with Crippen molar-refractivity contribution in [2.24, 2.45) is 0 Å². The molecule has 0 aliphatic rings. The van der Waals surface area contributed by atoms with Gasteiger partial charge in [-0.05, 0) is 17.1 Å². The zero-order valence-corrected chi connectivity index (χ0v) is 10.4. The second-order valence-corrected chi connectivity index (χ2v) is 5.71. The molecule has 0 N–H and O–H groups in total. The number of hydrogen-bond donors (Lipinski definition) is 0. The van der Waals surface area contributed by atoms with Crippen molar-refractivity contribution >= 4 is 16.5 Å². The molecule has 0 aromatic heterocycles. The van der Waals surface area contributed by atoms with Crippen molar-refractivity contribution in [3.05, 3.63) is 35.9 Å². The van der Waals surface area contributed by atoms with Crippen LogP contribution in [-0.4, -0.2) is 12.4 Å². The predicted octanol–water partition coefficient (Wildman–Crippen LogP) is 4.18. The van der Waals surface area contributed by atoms with Gasteiger partial charge in [-0.2, -0.15) is 0 Å². The quantitative estimate of drug-likeness (QED) is 0.421. The van der Waals surface area contributed by atoms with Gasteiger partial charge in [0.1, 0.15) is 0 Å². The monoisotopic (exact) mass is 253 g/mol. The van der Waals surface area contributed by atoms with Crippen molar-refractivity contribution in [3.63, 3.8) is 0 Å². The molecule has 0 fully saturated rings. The van der Waals surface area contributed by atoms with E-state index in [4.69, 9.17) is 0 Å². The Labute approximate surface area is 95.7 Å². The van der Waals surface area contributed by atoms with Gasteiger partial charge in [0, 0.05) is 0 Å². The van der Waals surface area contributed by atoms with Crippen LogP contribution in [0.1, 0.15) is 19.4 Å². The van der Waals surface area contributed by atoms with E-state index in [1.54, 1.807) is 0 Å². The lowest BCUT2D eigenvalue weighted by Gasteiger charge is -2.17. The van der Waals surface area contributed by atoms with E-state index in [0.717, 1.165) is 6.42 Å². The van der Waals surface area contributed by atoms with Gasteiger partial charge in [0.05, 0.1) is 0 Å². The van der Waals surface area contributed by atoms with Gasteiger partial charge < -0.3 is 17.3 Å². The van der Waals surface area contributed by atoms with Gasteiger partial charge in [-0.1, -0.05) is 44.2 Å². The molecule has 0 saturated carbocycles. The van der Waals surface area contributed by atoms with Crippen molar-refractivity contribution in [2.75, 3.05) is 0 Å². The van der Waals surface area contributed by atoms with Crippen LogP contribution < -0.4 is 0 Å². The van der Waals surface area contributed by atoms with Crippen molar-refractivity contribution < 1.29 is 17.3 Å². The van der Waals surface area contributed by atoms with E-state index in [-0.39, 0.29) is 0 Å². The average Bonchev–Trinajstić information content (AvgIpc) is 1.99. The standard InChI is InChI=1S/C10H15P.BF4/c1-10(2,11)8-9-6-4-3-5-7-9;2-1(3,4)5/h3-7H,8,11H2,1-2H3;/q;-1. The third kappa shape index (κ3) is 13.4. The van der Waals surface area contributed by atoms with E-state index in [1.807, 2.05) is 0 Å². The normalized spacial score (nSPS) is 11.7. The molecule has 0 aliphatic heterocycles. The summed E-state index contributed by atoms with van der Waals surface area (Å²) in [5.74, 6) is 0. The fraction of sp³-hybridized carbons (Fsp3) is 0.400. The SMILES string of the molecule is CC(C)(P)Cc1ccccc1.F[B-](F)(F)F. The Morgan fingerprint density at radius 1 is 1.06 bits per heavy atom. The fourth-order valence-electron chi connectivity index (χ4n) is 1.12. The Hall–Kier alpha value is -0.565. The second kappa shape index (κ2) is 6.24. The predicted molar refractivity (Wildman–Crippen MR) is 64.1 cm³/mol. The third-order valence-corrected chi connectivity index (χ3v) is 1.71. The molecule has 0 amide bonds. The van der Waals surface area contributed by atoms with Crippen molar-refractivity contribution in [3.8, 4) is 0 Å². The molecule has 0 heterocycles. The largest absolute Gasteiger partial charge is 0.673 e. The molecule has 0 saturated heterocycles. The Morgan fingerprint density at radius 2 is 1.44 bits per heavy atom. The Balaban J connectivity index is 0.000000385. The Kier molecular flexibility index (Phi) is 6.02. The summed E-state index contributed by atoms with van der Waals surface area (Å²) in [6.07, 6.45) is 1.12. The minimum Gasteiger partial charge on any atom is -0.418 e. The summed E-state index contributed by atoms with van der Waals surface area (Å²) in [7, 11) is -3.14. The lowest BCUT2D eigenvalue weighted by molar-refractivity contribution is 0.368. The first-order chi connectivity index (χ1) is 7.08. The van der Waals surface area contributed by atoms with Crippen molar-refractivity contribution in [1.29, 1.82) is 0 Å². The molecule has 0 aliphatic carbocycles. The maximum atomic E-state index is 9.75. The van der Waals surface area contributed by atoms with Gasteiger partial charge in [0.2, 0.25) is 0 Å². The van der Waals surface area contributed by atoms with Crippen LogP contribution in [0.4, 0.5) is 17.3 Å². The van der Waals surface area contributed by atoms with Gasteiger partial charge in [0.15, 0.2) is 0 Å². The van der Waals surface area contributed by atoms with Crippen LogP contribution in [0.25, 0.3) is 0 Å². The molecular formula is C10H15BF4P-. The van der Waals surface area contributed by atoms with Crippen LogP contribution in [0, 0.1) is 0 Å². The summed E-state index contributed by atoms with van der Waals surface area (Å²) < 4.78 is 39.0. The van der Waals surface area contributed by atoms with E-state index < -0.39 is 7.25 Å². The first kappa shape index (κ1) is 15.4. The highest BCUT2D eigenvalue weighted by molar-refractivity contribution is 7.18. The fourth-order valence-corrected chi connectivity index (χ4v) is 1.36. The summed E-state index contributed by atoms with van der Waals surface area (Å²) in [4.78, 5) is 0. The van der Waals surface area contributed by atoms with E-state index in [2.05, 4.69) is 53.4 Å². The highest BCUT2D eigenvalue weighted by Crippen LogP contribution is 2.21. The molecule has 0 radical (unpaired) electrons. The molecule has 1 aromatic rings. The first-order valence-corrected chi connectivity index (χ1v) is 5.36. The second-order valence-electron chi connectivity index (χ2n) is 4.15. The smallest absolute Gasteiger partial charge is 0.418 e. The first-order valence-electron chi connectivity index (χ1n) is 4.78. The van der Waals surface area contributed by atoms with Crippen LogP contribution in [0.2, 0.25) is 0 Å². The zero-order valence-electron chi connectivity index (χ0n) is 9.26. The summed E-state index contributed by atoms with van der Waals surface area (Å²) >= 11 is 0. The maximum Gasteiger partial charge on any atom is 0.673 e. The lowest BCUT2D eigenvalue weighted by atomic mass is 10.0. The average molecular weight is 253 g/mol. The molecule has 1 aromatic carbocycles. The summed E-state index contributed by atoms with van der Waals surface area (Å²) in [6.45, 7) is 4.45. The van der Waals surface area contributed by atoms with Crippen LogP contribution in [-0.2, 0) is 6.42 Å². The van der Waals surface area contributed by atoms with Crippen LogP contribution in [0.15, 0.2) is 30.3 Å². The molecule has 16 heavy (non-hydrogen) atoms. The highest BCUT2D eigenvalue weighted by atomic mass is 31.0. The van der Waals surface area contributed by atoms with Crippen LogP contribution in [0.5, 0.6) is 0 Å². The molecule has 6 heteroatoms. The summed E-state index contributed by atoms with van der Waals surface area (Å²) in [5, 5.41) is 0.321. The Morgan fingerprint density at radius 3 is 1.75 bits per heavy atom. The van der Waals surface area contributed by atoms with E-state index >= 15 is 0 Å². The van der Waals surface area contributed by atoms with Gasteiger partial charge in [-0.15, -0.1) is 9.24 Å².